The molecule has 2 saturated carbocycles. The minimum Gasteiger partial charge on any atom is -0.504 e. The van der Waals surface area contributed by atoms with Crippen molar-refractivity contribution in [1.82, 2.24) is 15.2 Å². The standard InChI is InChI=1S/C39H48N4O4S2/c1-3-25-6-8-28(44)20-29(45)9-7-26-19-34(47-2)33(46)21-31(26)30-10-11-35(25)48-49-36(32-18-27(30)22-42-37(32)40)39(43-17-16-41-24-43)15-14-38(23-39)12-4-5-13-38/h7,9-11,16-19,21-22,25,30,35-36,41,46H,3-6,8,12-15,20,23-24H2,1-2H3,(H2,40,42). The van der Waals surface area contributed by atoms with Crippen molar-refractivity contribution < 1.29 is 19.4 Å². The number of pyridine rings is 1. The molecule has 3 heterocycles. The van der Waals surface area contributed by atoms with Crippen LogP contribution >= 0.6 is 21.6 Å². The van der Waals surface area contributed by atoms with Crippen molar-refractivity contribution >= 4 is 45.0 Å². The molecular weight excluding hydrogens is 653 g/mol. The van der Waals surface area contributed by atoms with Crippen LogP contribution in [0.25, 0.3) is 6.08 Å². The van der Waals surface area contributed by atoms with Gasteiger partial charge < -0.3 is 25.8 Å². The van der Waals surface area contributed by atoms with Crippen molar-refractivity contribution in [2.45, 2.75) is 99.5 Å². The Hall–Kier alpha value is -3.37. The highest BCUT2D eigenvalue weighted by Crippen LogP contribution is 2.64. The van der Waals surface area contributed by atoms with E-state index in [4.69, 9.17) is 15.5 Å². The maximum atomic E-state index is 13.1. The van der Waals surface area contributed by atoms with Gasteiger partial charge in [0.15, 0.2) is 17.3 Å². The molecule has 10 heteroatoms. The fourth-order valence-corrected chi connectivity index (χ4v) is 13.0. The van der Waals surface area contributed by atoms with Gasteiger partial charge in [0.05, 0.1) is 31.0 Å². The quantitative estimate of drug-likeness (QED) is 0.164. The first-order valence-corrected chi connectivity index (χ1v) is 20.1. The number of anilines is 1. The number of ether oxygens (including phenoxy) is 1. The lowest BCUT2D eigenvalue weighted by atomic mass is 9.78. The Labute approximate surface area is 297 Å². The number of phenols is 1. The molecule has 0 radical (unpaired) electrons. The number of hydrogen-bond acceptors (Lipinski definition) is 10. The van der Waals surface area contributed by atoms with Gasteiger partial charge in [-0.2, -0.15) is 0 Å². The van der Waals surface area contributed by atoms with E-state index in [2.05, 4.69) is 47.8 Å². The number of nitrogens with two attached hydrogens (primary N) is 1. The predicted octanol–water partition coefficient (Wildman–Crippen LogP) is 8.05. The highest BCUT2D eigenvalue weighted by atomic mass is 33.1. The van der Waals surface area contributed by atoms with Gasteiger partial charge in [-0.3, -0.25) is 9.59 Å². The van der Waals surface area contributed by atoms with E-state index in [0.29, 0.717) is 23.4 Å². The van der Waals surface area contributed by atoms with Crippen molar-refractivity contribution in [1.29, 1.82) is 0 Å². The Kier molecular flexibility index (Phi) is 9.81. The van der Waals surface area contributed by atoms with E-state index < -0.39 is 0 Å². The van der Waals surface area contributed by atoms with E-state index in [0.717, 1.165) is 54.6 Å². The van der Waals surface area contributed by atoms with Crippen molar-refractivity contribution in [2.24, 2.45) is 11.3 Å². The highest BCUT2D eigenvalue weighted by Gasteiger charge is 2.56. The fraction of sp³-hybridized carbons (Fsp3) is 0.513. The van der Waals surface area contributed by atoms with Crippen molar-refractivity contribution in [2.75, 3.05) is 19.5 Å². The van der Waals surface area contributed by atoms with Crippen LogP contribution in [0, 0.1) is 11.3 Å². The first-order chi connectivity index (χ1) is 23.7. The SMILES string of the molecule is CCC1CCC(=O)CC(=O)C=Cc2cc(OC)c(O)cc2C2C=CC1SSC(C1(N3C=CNC3)CCC3(CCCC3)C1)c1cc2cnc1N. The van der Waals surface area contributed by atoms with Gasteiger partial charge in [0.1, 0.15) is 11.6 Å². The van der Waals surface area contributed by atoms with Gasteiger partial charge in [-0.25, -0.2) is 4.98 Å². The Morgan fingerprint density at radius 2 is 1.92 bits per heavy atom. The predicted molar refractivity (Wildman–Crippen MR) is 199 cm³/mol. The number of phenolic OH excluding ortho intramolecular Hbond substituents is 1. The van der Waals surface area contributed by atoms with E-state index in [1.165, 1.54) is 45.3 Å². The van der Waals surface area contributed by atoms with Gasteiger partial charge in [-0.15, -0.1) is 0 Å². The molecule has 2 aliphatic heterocycles. The molecule has 49 heavy (non-hydrogen) atoms. The second-order valence-corrected chi connectivity index (χ2v) is 17.2. The number of methoxy groups -OCH3 is 1. The minimum atomic E-state index is -0.276. The molecule has 4 N–H and O–H groups in total. The average Bonchev–Trinajstić information content (AvgIpc) is 3.88. The van der Waals surface area contributed by atoms with Crippen molar-refractivity contribution in [3.8, 4) is 11.5 Å². The normalized spacial score (nSPS) is 29.6. The van der Waals surface area contributed by atoms with E-state index in [1.54, 1.807) is 18.2 Å². The molecule has 3 aliphatic carbocycles. The number of aromatic hydroxyl groups is 1. The molecule has 0 amide bonds. The third kappa shape index (κ3) is 6.63. The molecule has 4 bridgehead atoms. The van der Waals surface area contributed by atoms with Gasteiger partial charge in [0.25, 0.3) is 0 Å². The number of allylic oxidation sites excluding steroid dienone is 2. The van der Waals surface area contributed by atoms with Crippen LogP contribution in [-0.4, -0.2) is 51.1 Å². The third-order valence-corrected chi connectivity index (χ3v) is 15.2. The number of carbonyl (C=O) groups excluding carboxylic acids is 2. The first kappa shape index (κ1) is 34.1. The smallest absolute Gasteiger partial charge is 0.163 e. The van der Waals surface area contributed by atoms with Crippen LogP contribution < -0.4 is 15.8 Å². The van der Waals surface area contributed by atoms with Crippen LogP contribution in [0.1, 0.15) is 111 Å². The molecule has 5 unspecified atom stereocenters. The number of carbonyl (C=O) groups is 2. The monoisotopic (exact) mass is 700 g/mol. The summed E-state index contributed by atoms with van der Waals surface area (Å²) in [6.07, 6.45) is 24.5. The van der Waals surface area contributed by atoms with Gasteiger partial charge in [0, 0.05) is 41.7 Å². The van der Waals surface area contributed by atoms with Crippen LogP contribution in [-0.2, 0) is 9.59 Å². The number of rotatable bonds is 4. The molecule has 1 aromatic heterocycles. The number of Topliss-reactive ketones (excluding diaryl/α,β-unsaturated/α-hetero) is 1. The van der Waals surface area contributed by atoms with Gasteiger partial charge in [-0.05, 0) is 90.8 Å². The van der Waals surface area contributed by atoms with Gasteiger partial charge >= 0.3 is 0 Å². The van der Waals surface area contributed by atoms with Crippen LogP contribution in [0.15, 0.2) is 55.0 Å². The number of ketones is 2. The summed E-state index contributed by atoms with van der Waals surface area (Å²) in [4.78, 5) is 33.4. The first-order valence-electron chi connectivity index (χ1n) is 17.8. The zero-order valence-electron chi connectivity index (χ0n) is 28.5. The number of fused-ring (bicyclic) bond motifs is 7. The third-order valence-electron chi connectivity index (χ3n) is 11.8. The summed E-state index contributed by atoms with van der Waals surface area (Å²) in [5.41, 5.74) is 10.7. The van der Waals surface area contributed by atoms with Gasteiger partial charge in [-0.1, -0.05) is 66.0 Å². The van der Waals surface area contributed by atoms with Crippen LogP contribution in [0.5, 0.6) is 11.5 Å². The molecule has 1 spiro atoms. The zero-order valence-corrected chi connectivity index (χ0v) is 30.2. The summed E-state index contributed by atoms with van der Waals surface area (Å²) in [5.74, 6) is 0.603. The highest BCUT2D eigenvalue weighted by molar-refractivity contribution is 8.77. The number of benzene rings is 1. The van der Waals surface area contributed by atoms with E-state index >= 15 is 0 Å². The van der Waals surface area contributed by atoms with E-state index in [1.807, 2.05) is 27.8 Å². The Morgan fingerprint density at radius 3 is 2.67 bits per heavy atom. The maximum Gasteiger partial charge on any atom is 0.163 e. The largest absolute Gasteiger partial charge is 0.504 e. The molecule has 8 nitrogen and oxygen atoms in total. The van der Waals surface area contributed by atoms with Crippen LogP contribution in [0.3, 0.4) is 0 Å². The lowest BCUT2D eigenvalue weighted by molar-refractivity contribution is -0.124. The maximum absolute atomic E-state index is 13.1. The molecule has 5 aliphatic rings. The Morgan fingerprint density at radius 1 is 1.08 bits per heavy atom. The summed E-state index contributed by atoms with van der Waals surface area (Å²) in [6, 6.07) is 5.76. The van der Waals surface area contributed by atoms with E-state index in [-0.39, 0.29) is 51.6 Å². The Balaban J connectivity index is 1.43. The number of hydrogen-bond donors (Lipinski definition) is 3. The lowest BCUT2D eigenvalue weighted by Gasteiger charge is -2.46. The molecule has 2 fully saturated rings. The topological polar surface area (TPSA) is 118 Å². The molecule has 2 aromatic rings. The summed E-state index contributed by atoms with van der Waals surface area (Å²) >= 11 is 0. The van der Waals surface area contributed by atoms with E-state index in [9.17, 15) is 14.7 Å². The van der Waals surface area contributed by atoms with Crippen molar-refractivity contribution in [3.63, 3.8) is 0 Å². The number of nitrogens with zero attached hydrogens (tertiary/aromatic N) is 2. The van der Waals surface area contributed by atoms with Crippen molar-refractivity contribution in [3.05, 3.63) is 77.3 Å². The fourth-order valence-electron chi connectivity index (χ4n) is 9.10. The molecule has 5 atom stereocenters. The van der Waals surface area contributed by atoms with Crippen LogP contribution in [0.2, 0.25) is 0 Å². The lowest BCUT2D eigenvalue weighted by Crippen LogP contribution is -2.49. The molecule has 0 saturated heterocycles. The molecular formula is C39H48N4O4S2. The average molecular weight is 701 g/mol. The van der Waals surface area contributed by atoms with Gasteiger partial charge in [0.2, 0.25) is 0 Å². The van der Waals surface area contributed by atoms with Crippen LogP contribution in [0.4, 0.5) is 5.82 Å². The summed E-state index contributed by atoms with van der Waals surface area (Å²) in [7, 11) is 5.35. The second-order valence-electron chi connectivity index (χ2n) is 14.7. The number of nitrogen functional groups attached to an aromatic ring is 1. The summed E-state index contributed by atoms with van der Waals surface area (Å²) in [6.45, 7) is 2.97. The molecule has 260 valence electrons. The number of nitrogens with one attached hydrogen (secondary N) is 1. The number of aromatic nitrogens is 1. The summed E-state index contributed by atoms with van der Waals surface area (Å²) < 4.78 is 5.49. The Bertz CT molecular complexity index is 1680. The summed E-state index contributed by atoms with van der Waals surface area (Å²) in [5, 5.41) is 14.7. The molecule has 7 rings (SSSR count). The minimum absolute atomic E-state index is 0.0253. The zero-order chi connectivity index (χ0) is 34.2. The second kappa shape index (κ2) is 14.1. The molecule has 1 aromatic carbocycles.